The van der Waals surface area contributed by atoms with E-state index in [1.807, 2.05) is 12.1 Å². The van der Waals surface area contributed by atoms with Crippen LogP contribution in [0.1, 0.15) is 44.0 Å². The minimum absolute atomic E-state index is 0.192. The topological polar surface area (TPSA) is 53.2 Å². The number of rotatable bonds is 7. The second-order valence-electron chi connectivity index (χ2n) is 8.02. The van der Waals surface area contributed by atoms with Gasteiger partial charge in [0, 0.05) is 29.6 Å². The van der Waals surface area contributed by atoms with Gasteiger partial charge in [0.15, 0.2) is 0 Å². The molecular formula is C27H24N2O2. The molecule has 0 spiro atoms. The van der Waals surface area contributed by atoms with Gasteiger partial charge in [-0.2, -0.15) is 0 Å². The van der Waals surface area contributed by atoms with E-state index in [4.69, 9.17) is 0 Å². The Kier molecular flexibility index (Phi) is 5.13. The molecule has 4 aromatic rings. The number of aryl methyl sites for hydroxylation is 2. The van der Waals surface area contributed by atoms with Crippen LogP contribution in [0.2, 0.25) is 0 Å². The largest absolute Gasteiger partial charge is 0.358 e. The number of nitrogens with one attached hydrogen (secondary N) is 1. The number of hydrogen-bond acceptors (Lipinski definition) is 2. The molecule has 5 rings (SSSR count). The van der Waals surface area contributed by atoms with Crippen molar-refractivity contribution in [2.75, 3.05) is 6.54 Å². The Morgan fingerprint density at radius 2 is 1.32 bits per heavy atom. The minimum atomic E-state index is -0.192. The highest BCUT2D eigenvalue weighted by molar-refractivity contribution is 6.21. The Morgan fingerprint density at radius 1 is 0.677 bits per heavy atom. The van der Waals surface area contributed by atoms with Crippen LogP contribution in [0.15, 0.2) is 78.9 Å². The maximum atomic E-state index is 12.7. The van der Waals surface area contributed by atoms with Crippen LogP contribution in [0.4, 0.5) is 0 Å². The minimum Gasteiger partial charge on any atom is -0.358 e. The summed E-state index contributed by atoms with van der Waals surface area (Å²) in [6, 6.07) is 25.9. The summed E-state index contributed by atoms with van der Waals surface area (Å²) in [6.07, 6.45) is 3.65. The van der Waals surface area contributed by atoms with E-state index in [0.717, 1.165) is 30.5 Å². The number of carbonyl (C=O) groups excluding carboxylic acids is 2. The van der Waals surface area contributed by atoms with Crippen molar-refractivity contribution in [2.45, 2.75) is 25.7 Å². The first-order valence-electron chi connectivity index (χ1n) is 10.8. The molecule has 31 heavy (non-hydrogen) atoms. The molecule has 0 bridgehead atoms. The summed E-state index contributed by atoms with van der Waals surface area (Å²) in [4.78, 5) is 30.3. The number of aromatic nitrogens is 1. The van der Waals surface area contributed by atoms with E-state index in [-0.39, 0.29) is 11.8 Å². The van der Waals surface area contributed by atoms with Crippen LogP contribution < -0.4 is 0 Å². The van der Waals surface area contributed by atoms with Gasteiger partial charge in [-0.25, -0.2) is 0 Å². The SMILES string of the molecule is O=C1c2ccccc2C(=O)N1CCc1[nH]c2ccccc2c1CCCc1ccccc1. The maximum Gasteiger partial charge on any atom is 0.261 e. The number of H-pyrrole nitrogens is 1. The van der Waals surface area contributed by atoms with Gasteiger partial charge in [0.05, 0.1) is 11.1 Å². The van der Waals surface area contributed by atoms with Gasteiger partial charge >= 0.3 is 0 Å². The van der Waals surface area contributed by atoms with E-state index in [0.29, 0.717) is 24.1 Å². The normalized spacial score (nSPS) is 13.2. The van der Waals surface area contributed by atoms with Gasteiger partial charge < -0.3 is 4.98 Å². The van der Waals surface area contributed by atoms with E-state index in [9.17, 15) is 9.59 Å². The predicted octanol–water partition coefficient (Wildman–Crippen LogP) is 5.18. The molecule has 4 nitrogen and oxygen atoms in total. The molecule has 1 aliphatic rings. The van der Waals surface area contributed by atoms with E-state index < -0.39 is 0 Å². The number of benzene rings is 3. The summed E-state index contributed by atoms with van der Waals surface area (Å²) in [5.74, 6) is -0.385. The molecule has 0 radical (unpaired) electrons. The zero-order valence-electron chi connectivity index (χ0n) is 17.3. The van der Waals surface area contributed by atoms with Crippen molar-refractivity contribution in [3.8, 4) is 0 Å². The first-order valence-corrected chi connectivity index (χ1v) is 10.8. The molecule has 0 fully saturated rings. The quantitative estimate of drug-likeness (QED) is 0.428. The third-order valence-corrected chi connectivity index (χ3v) is 6.10. The molecule has 0 atom stereocenters. The molecule has 2 amide bonds. The molecule has 4 heteroatoms. The van der Waals surface area contributed by atoms with Crippen LogP contribution in [0.3, 0.4) is 0 Å². The molecule has 1 aromatic heterocycles. The number of para-hydroxylation sites is 1. The second-order valence-corrected chi connectivity index (χ2v) is 8.02. The van der Waals surface area contributed by atoms with Gasteiger partial charge in [-0.3, -0.25) is 14.5 Å². The Morgan fingerprint density at radius 3 is 2.06 bits per heavy atom. The number of amides is 2. The van der Waals surface area contributed by atoms with Crippen LogP contribution in [0.5, 0.6) is 0 Å². The Bertz CT molecular complexity index is 1220. The molecule has 0 saturated carbocycles. The summed E-state index contributed by atoms with van der Waals surface area (Å²) < 4.78 is 0. The number of fused-ring (bicyclic) bond motifs is 2. The molecule has 1 aliphatic heterocycles. The zero-order chi connectivity index (χ0) is 21.2. The van der Waals surface area contributed by atoms with E-state index in [1.165, 1.54) is 21.4 Å². The average molecular weight is 409 g/mol. The summed E-state index contributed by atoms with van der Waals surface area (Å²) in [6.45, 7) is 0.380. The lowest BCUT2D eigenvalue weighted by Crippen LogP contribution is -2.32. The highest BCUT2D eigenvalue weighted by atomic mass is 16.2. The lowest BCUT2D eigenvalue weighted by Gasteiger charge is -2.14. The molecule has 0 aliphatic carbocycles. The Balaban J connectivity index is 1.34. The number of nitrogens with zero attached hydrogens (tertiary/aromatic N) is 1. The number of aromatic amines is 1. The molecule has 2 heterocycles. The maximum absolute atomic E-state index is 12.7. The average Bonchev–Trinajstić information content (AvgIpc) is 3.28. The third kappa shape index (κ3) is 3.66. The number of carbonyl (C=O) groups is 2. The van der Waals surface area contributed by atoms with Crippen molar-refractivity contribution in [1.82, 2.24) is 9.88 Å². The number of hydrogen-bond donors (Lipinski definition) is 1. The van der Waals surface area contributed by atoms with Gasteiger partial charge in [0.1, 0.15) is 0 Å². The monoisotopic (exact) mass is 408 g/mol. The fourth-order valence-corrected chi connectivity index (χ4v) is 4.53. The van der Waals surface area contributed by atoms with Gasteiger partial charge in [-0.05, 0) is 48.6 Å². The van der Waals surface area contributed by atoms with Crippen LogP contribution in [-0.2, 0) is 19.3 Å². The Hall–Kier alpha value is -3.66. The second kappa shape index (κ2) is 8.23. The predicted molar refractivity (Wildman–Crippen MR) is 122 cm³/mol. The van der Waals surface area contributed by atoms with Crippen LogP contribution >= 0.6 is 0 Å². The summed E-state index contributed by atoms with van der Waals surface area (Å²) >= 11 is 0. The van der Waals surface area contributed by atoms with Crippen LogP contribution in [0, 0.1) is 0 Å². The highest BCUT2D eigenvalue weighted by Gasteiger charge is 2.34. The standard InChI is InChI=1S/C27H24N2O2/c30-26-22-13-4-5-14-23(22)27(31)29(26)18-17-25-21(20-12-6-7-16-24(20)28-25)15-8-11-19-9-2-1-3-10-19/h1-7,9-10,12-14,16,28H,8,11,15,17-18H2. The lowest BCUT2D eigenvalue weighted by molar-refractivity contribution is 0.0656. The molecule has 0 saturated heterocycles. The van der Waals surface area contributed by atoms with Crippen molar-refractivity contribution in [2.24, 2.45) is 0 Å². The van der Waals surface area contributed by atoms with E-state index in [1.54, 1.807) is 24.3 Å². The smallest absolute Gasteiger partial charge is 0.261 e. The molecular weight excluding hydrogens is 384 g/mol. The van der Waals surface area contributed by atoms with E-state index >= 15 is 0 Å². The number of imide groups is 1. The summed E-state index contributed by atoms with van der Waals surface area (Å²) in [7, 11) is 0. The van der Waals surface area contributed by atoms with Crippen molar-refractivity contribution >= 4 is 22.7 Å². The van der Waals surface area contributed by atoms with Crippen molar-refractivity contribution < 1.29 is 9.59 Å². The molecule has 154 valence electrons. The van der Waals surface area contributed by atoms with Crippen LogP contribution in [-0.4, -0.2) is 28.2 Å². The fourth-order valence-electron chi connectivity index (χ4n) is 4.53. The van der Waals surface area contributed by atoms with Crippen molar-refractivity contribution in [3.63, 3.8) is 0 Å². The van der Waals surface area contributed by atoms with Crippen molar-refractivity contribution in [1.29, 1.82) is 0 Å². The first kappa shape index (κ1) is 19.3. The molecule has 0 unspecified atom stereocenters. The van der Waals surface area contributed by atoms with Crippen LogP contribution in [0.25, 0.3) is 10.9 Å². The van der Waals surface area contributed by atoms with Gasteiger partial charge in [0.2, 0.25) is 0 Å². The summed E-state index contributed by atoms with van der Waals surface area (Å²) in [5.41, 5.74) is 5.87. The Labute approximate surface area is 181 Å². The highest BCUT2D eigenvalue weighted by Crippen LogP contribution is 2.27. The zero-order valence-corrected chi connectivity index (χ0v) is 17.3. The van der Waals surface area contributed by atoms with Gasteiger partial charge in [-0.1, -0.05) is 60.7 Å². The molecule has 1 N–H and O–H groups in total. The molecule has 3 aromatic carbocycles. The van der Waals surface area contributed by atoms with Gasteiger partial charge in [0.25, 0.3) is 11.8 Å². The third-order valence-electron chi connectivity index (χ3n) is 6.10. The van der Waals surface area contributed by atoms with Crippen molar-refractivity contribution in [3.05, 3.63) is 107 Å². The first-order chi connectivity index (χ1) is 15.2. The lowest BCUT2D eigenvalue weighted by atomic mass is 10.0. The van der Waals surface area contributed by atoms with Gasteiger partial charge in [-0.15, -0.1) is 0 Å². The van der Waals surface area contributed by atoms with E-state index in [2.05, 4.69) is 47.4 Å². The summed E-state index contributed by atoms with van der Waals surface area (Å²) in [5, 5.41) is 1.23. The fraction of sp³-hybridized carbons (Fsp3) is 0.185.